The standard InChI is InChI=1S/C18H18F4N4O2/c19-13-7-12(1-2-15(13)28-9-18(20,21)22)14-8-16(25-10-24-14)26-5-3-11(4-6-26)17(23)27/h1-2,7-8,10-11H,3-6,9H2,(H2,23,27). The number of hydrogen-bond donors (Lipinski definition) is 1. The van der Waals surface area contributed by atoms with Gasteiger partial charge < -0.3 is 15.4 Å². The van der Waals surface area contributed by atoms with Crippen molar-refractivity contribution >= 4 is 11.7 Å². The molecule has 1 aliphatic rings. The van der Waals surface area contributed by atoms with E-state index >= 15 is 0 Å². The first-order valence-electron chi connectivity index (χ1n) is 8.59. The summed E-state index contributed by atoms with van der Waals surface area (Å²) < 4.78 is 55.2. The van der Waals surface area contributed by atoms with E-state index in [0.717, 1.165) is 12.1 Å². The average molecular weight is 398 g/mol. The molecule has 0 spiro atoms. The fraction of sp³-hybridized carbons (Fsp3) is 0.389. The molecule has 6 nitrogen and oxygen atoms in total. The number of hydrogen-bond acceptors (Lipinski definition) is 5. The zero-order chi connectivity index (χ0) is 20.3. The predicted molar refractivity (Wildman–Crippen MR) is 93.1 cm³/mol. The highest BCUT2D eigenvalue weighted by Gasteiger charge is 2.29. The third kappa shape index (κ3) is 4.87. The summed E-state index contributed by atoms with van der Waals surface area (Å²) in [6.07, 6.45) is -1.98. The van der Waals surface area contributed by atoms with E-state index in [1.807, 2.05) is 4.90 Å². The molecule has 10 heteroatoms. The Bertz CT molecular complexity index is 852. The summed E-state index contributed by atoms with van der Waals surface area (Å²) in [4.78, 5) is 21.6. The molecule has 0 radical (unpaired) electrons. The lowest BCUT2D eigenvalue weighted by Crippen LogP contribution is -2.38. The molecular weight excluding hydrogens is 380 g/mol. The van der Waals surface area contributed by atoms with Gasteiger partial charge in [0.25, 0.3) is 0 Å². The van der Waals surface area contributed by atoms with Gasteiger partial charge in [0.15, 0.2) is 18.2 Å². The maximum absolute atomic E-state index is 14.1. The first-order valence-corrected chi connectivity index (χ1v) is 8.59. The van der Waals surface area contributed by atoms with E-state index in [1.54, 1.807) is 6.07 Å². The number of carbonyl (C=O) groups excluding carboxylic acids is 1. The molecule has 2 N–H and O–H groups in total. The zero-order valence-corrected chi connectivity index (χ0v) is 14.7. The molecule has 1 fully saturated rings. The van der Waals surface area contributed by atoms with Crippen molar-refractivity contribution in [3.8, 4) is 17.0 Å². The third-order valence-corrected chi connectivity index (χ3v) is 4.49. The van der Waals surface area contributed by atoms with Gasteiger partial charge in [-0.3, -0.25) is 4.79 Å². The van der Waals surface area contributed by atoms with E-state index in [0.29, 0.717) is 43.0 Å². The van der Waals surface area contributed by atoms with Gasteiger partial charge in [0.05, 0.1) is 5.69 Å². The lowest BCUT2D eigenvalue weighted by Gasteiger charge is -2.31. The van der Waals surface area contributed by atoms with Gasteiger partial charge in [-0.2, -0.15) is 13.2 Å². The number of ether oxygens (including phenoxy) is 1. The van der Waals surface area contributed by atoms with Crippen LogP contribution in [-0.4, -0.2) is 41.7 Å². The van der Waals surface area contributed by atoms with Crippen molar-refractivity contribution in [1.82, 2.24) is 9.97 Å². The molecule has 0 atom stereocenters. The van der Waals surface area contributed by atoms with Crippen molar-refractivity contribution in [2.45, 2.75) is 19.0 Å². The SMILES string of the molecule is NC(=O)C1CCN(c2cc(-c3ccc(OCC(F)(F)F)c(F)c3)ncn2)CC1. The monoisotopic (exact) mass is 398 g/mol. The van der Waals surface area contributed by atoms with Crippen molar-refractivity contribution in [2.24, 2.45) is 11.7 Å². The maximum Gasteiger partial charge on any atom is 0.422 e. The van der Waals surface area contributed by atoms with E-state index in [2.05, 4.69) is 14.7 Å². The van der Waals surface area contributed by atoms with E-state index in [4.69, 9.17) is 5.73 Å². The first kappa shape index (κ1) is 19.8. The van der Waals surface area contributed by atoms with Crippen LogP contribution in [0, 0.1) is 11.7 Å². The second-order valence-electron chi connectivity index (χ2n) is 6.47. The fourth-order valence-electron chi connectivity index (χ4n) is 3.01. The second kappa shape index (κ2) is 7.99. The van der Waals surface area contributed by atoms with Crippen molar-refractivity contribution in [3.05, 3.63) is 36.4 Å². The number of alkyl halides is 3. The number of benzene rings is 1. The topological polar surface area (TPSA) is 81.3 Å². The van der Waals surface area contributed by atoms with Crippen molar-refractivity contribution in [2.75, 3.05) is 24.6 Å². The first-order chi connectivity index (χ1) is 13.2. The van der Waals surface area contributed by atoms with Crippen LogP contribution in [0.15, 0.2) is 30.6 Å². The molecule has 0 saturated carbocycles. The summed E-state index contributed by atoms with van der Waals surface area (Å²) in [6, 6.07) is 5.30. The molecule has 1 amide bonds. The summed E-state index contributed by atoms with van der Waals surface area (Å²) >= 11 is 0. The predicted octanol–water partition coefficient (Wildman–Crippen LogP) is 2.93. The number of anilines is 1. The van der Waals surface area contributed by atoms with Crippen LogP contribution in [0.25, 0.3) is 11.3 Å². The Morgan fingerprint density at radius 3 is 2.54 bits per heavy atom. The van der Waals surface area contributed by atoms with Crippen LogP contribution in [0.1, 0.15) is 12.8 Å². The van der Waals surface area contributed by atoms with E-state index in [9.17, 15) is 22.4 Å². The molecule has 2 aromatic rings. The minimum atomic E-state index is -4.55. The molecule has 1 aromatic carbocycles. The average Bonchev–Trinajstić information content (AvgIpc) is 2.66. The largest absolute Gasteiger partial charge is 0.481 e. The smallest absolute Gasteiger partial charge is 0.422 e. The van der Waals surface area contributed by atoms with Gasteiger partial charge in [-0.25, -0.2) is 14.4 Å². The zero-order valence-electron chi connectivity index (χ0n) is 14.7. The van der Waals surface area contributed by atoms with Crippen LogP contribution in [0.4, 0.5) is 23.4 Å². The van der Waals surface area contributed by atoms with Crippen LogP contribution < -0.4 is 15.4 Å². The Hall–Kier alpha value is -2.91. The number of amides is 1. The Labute approximate surface area is 158 Å². The van der Waals surface area contributed by atoms with Gasteiger partial charge in [-0.1, -0.05) is 0 Å². The maximum atomic E-state index is 14.1. The number of nitrogens with two attached hydrogens (primary N) is 1. The van der Waals surface area contributed by atoms with Crippen molar-refractivity contribution < 1.29 is 27.1 Å². The number of halogens is 4. The van der Waals surface area contributed by atoms with E-state index in [-0.39, 0.29) is 11.8 Å². The summed E-state index contributed by atoms with van der Waals surface area (Å²) in [5, 5.41) is 0. The van der Waals surface area contributed by atoms with Gasteiger partial charge in [0.2, 0.25) is 5.91 Å². The number of piperidine rings is 1. The molecule has 150 valence electrons. The molecular formula is C18H18F4N4O2. The minimum absolute atomic E-state index is 0.157. The van der Waals surface area contributed by atoms with Gasteiger partial charge in [0.1, 0.15) is 12.1 Å². The van der Waals surface area contributed by atoms with Gasteiger partial charge in [-0.05, 0) is 31.0 Å². The van der Waals surface area contributed by atoms with Crippen LogP contribution in [-0.2, 0) is 4.79 Å². The lowest BCUT2D eigenvalue weighted by molar-refractivity contribution is -0.153. The number of primary amides is 1. The van der Waals surface area contributed by atoms with Crippen LogP contribution >= 0.6 is 0 Å². The molecule has 2 heterocycles. The molecule has 28 heavy (non-hydrogen) atoms. The normalized spacial score (nSPS) is 15.5. The van der Waals surface area contributed by atoms with E-state index < -0.39 is 24.3 Å². The highest BCUT2D eigenvalue weighted by molar-refractivity contribution is 5.77. The molecule has 1 aromatic heterocycles. The summed E-state index contributed by atoms with van der Waals surface area (Å²) in [6.45, 7) is -0.368. The van der Waals surface area contributed by atoms with Gasteiger partial charge >= 0.3 is 6.18 Å². The molecule has 3 rings (SSSR count). The van der Waals surface area contributed by atoms with Crippen LogP contribution in [0.3, 0.4) is 0 Å². The van der Waals surface area contributed by atoms with Crippen LogP contribution in [0.2, 0.25) is 0 Å². The molecule has 0 unspecified atom stereocenters. The van der Waals surface area contributed by atoms with Gasteiger partial charge in [-0.15, -0.1) is 0 Å². The number of carbonyl (C=O) groups is 1. The Morgan fingerprint density at radius 2 is 1.93 bits per heavy atom. The summed E-state index contributed by atoms with van der Waals surface area (Å²) in [7, 11) is 0. The van der Waals surface area contributed by atoms with Crippen molar-refractivity contribution in [1.29, 1.82) is 0 Å². The quantitative estimate of drug-likeness (QED) is 0.784. The number of nitrogens with zero attached hydrogens (tertiary/aromatic N) is 3. The fourth-order valence-corrected chi connectivity index (χ4v) is 3.01. The minimum Gasteiger partial charge on any atom is -0.481 e. The van der Waals surface area contributed by atoms with Crippen LogP contribution in [0.5, 0.6) is 5.75 Å². The molecule has 1 saturated heterocycles. The highest BCUT2D eigenvalue weighted by atomic mass is 19.4. The van der Waals surface area contributed by atoms with Crippen molar-refractivity contribution in [3.63, 3.8) is 0 Å². The Kier molecular flexibility index (Phi) is 5.66. The lowest BCUT2D eigenvalue weighted by atomic mass is 9.96. The van der Waals surface area contributed by atoms with Gasteiger partial charge in [0, 0.05) is 30.6 Å². The third-order valence-electron chi connectivity index (χ3n) is 4.49. The summed E-state index contributed by atoms with van der Waals surface area (Å²) in [5.74, 6) is -1.25. The highest BCUT2D eigenvalue weighted by Crippen LogP contribution is 2.28. The summed E-state index contributed by atoms with van der Waals surface area (Å²) in [5.41, 5.74) is 6.13. The molecule has 0 bridgehead atoms. The molecule has 0 aliphatic carbocycles. The number of rotatable bonds is 5. The number of aromatic nitrogens is 2. The van der Waals surface area contributed by atoms with E-state index in [1.165, 1.54) is 12.4 Å². The second-order valence-corrected chi connectivity index (χ2v) is 6.47. The Balaban J connectivity index is 1.73. The molecule has 1 aliphatic heterocycles. The Morgan fingerprint density at radius 1 is 1.21 bits per heavy atom.